The Morgan fingerprint density at radius 1 is 1.19 bits per heavy atom. The summed E-state index contributed by atoms with van der Waals surface area (Å²) in [6, 6.07) is 15.7. The molecule has 0 radical (unpaired) electrons. The maximum Gasteiger partial charge on any atom is 0.306 e. The van der Waals surface area contributed by atoms with Crippen LogP contribution in [0.3, 0.4) is 0 Å². The van der Waals surface area contributed by atoms with Crippen LogP contribution in [0.1, 0.15) is 6.42 Å². The Bertz CT molecular complexity index is 952. The third-order valence-corrected chi connectivity index (χ3v) is 4.82. The fourth-order valence-corrected chi connectivity index (χ4v) is 3.23. The van der Waals surface area contributed by atoms with Crippen molar-refractivity contribution < 1.29 is 19.4 Å². The molecule has 5 heteroatoms. The molecule has 0 spiro atoms. The molecule has 1 aliphatic rings. The van der Waals surface area contributed by atoms with Gasteiger partial charge in [-0.05, 0) is 47.9 Å². The fourth-order valence-electron chi connectivity index (χ4n) is 3.23. The van der Waals surface area contributed by atoms with Crippen molar-refractivity contribution in [1.82, 2.24) is 4.98 Å². The first-order valence-corrected chi connectivity index (χ1v) is 8.55. The van der Waals surface area contributed by atoms with Crippen molar-refractivity contribution in [3.63, 3.8) is 0 Å². The van der Waals surface area contributed by atoms with Crippen molar-refractivity contribution in [2.75, 3.05) is 13.7 Å². The summed E-state index contributed by atoms with van der Waals surface area (Å²) in [6.45, 7) is 0.450. The minimum atomic E-state index is -0.728. The Kier molecular flexibility index (Phi) is 4.21. The molecule has 5 nitrogen and oxygen atoms in total. The summed E-state index contributed by atoms with van der Waals surface area (Å²) in [5.74, 6) is 0.660. The number of methoxy groups -OCH3 is 1. The first-order valence-electron chi connectivity index (χ1n) is 8.55. The SMILES string of the molecule is COc1ccc(-c2ccc(OC[C@@H]3C[C@H]3C(=O)O)cc2)c2cccnc12. The number of carboxylic acids is 1. The molecular formula is C21H19NO4. The second-order valence-corrected chi connectivity index (χ2v) is 6.49. The average molecular weight is 349 g/mol. The third kappa shape index (κ3) is 3.08. The first kappa shape index (κ1) is 16.4. The average Bonchev–Trinajstić information content (AvgIpc) is 3.46. The summed E-state index contributed by atoms with van der Waals surface area (Å²) < 4.78 is 11.1. The highest BCUT2D eigenvalue weighted by Crippen LogP contribution is 2.39. The van der Waals surface area contributed by atoms with Gasteiger partial charge in [-0.3, -0.25) is 9.78 Å². The van der Waals surface area contributed by atoms with E-state index in [9.17, 15) is 4.79 Å². The number of hydrogen-bond acceptors (Lipinski definition) is 4. The number of hydrogen-bond donors (Lipinski definition) is 1. The molecule has 1 N–H and O–H groups in total. The third-order valence-electron chi connectivity index (χ3n) is 4.82. The highest BCUT2D eigenvalue weighted by Gasteiger charge is 2.43. The van der Waals surface area contributed by atoms with Gasteiger partial charge >= 0.3 is 5.97 Å². The monoisotopic (exact) mass is 349 g/mol. The van der Waals surface area contributed by atoms with Crippen LogP contribution in [0.15, 0.2) is 54.7 Å². The second-order valence-electron chi connectivity index (χ2n) is 6.49. The van der Waals surface area contributed by atoms with Gasteiger partial charge in [0.1, 0.15) is 17.0 Å². The number of rotatable bonds is 6. The summed E-state index contributed by atoms with van der Waals surface area (Å²) in [5.41, 5.74) is 2.97. The van der Waals surface area contributed by atoms with E-state index in [1.165, 1.54) is 0 Å². The Hall–Kier alpha value is -3.08. The molecule has 1 aliphatic carbocycles. The van der Waals surface area contributed by atoms with E-state index in [2.05, 4.69) is 4.98 Å². The van der Waals surface area contributed by atoms with Crippen LogP contribution in [0, 0.1) is 11.8 Å². The molecule has 2 atom stereocenters. The van der Waals surface area contributed by atoms with Crippen LogP contribution in [0.5, 0.6) is 11.5 Å². The molecule has 3 aromatic rings. The summed E-state index contributed by atoms with van der Waals surface area (Å²) in [5, 5.41) is 9.97. The predicted molar refractivity (Wildman–Crippen MR) is 98.5 cm³/mol. The van der Waals surface area contributed by atoms with Crippen LogP contribution in [0.4, 0.5) is 0 Å². The van der Waals surface area contributed by atoms with Crippen LogP contribution in [0.25, 0.3) is 22.0 Å². The summed E-state index contributed by atoms with van der Waals surface area (Å²) in [4.78, 5) is 15.3. The lowest BCUT2D eigenvalue weighted by atomic mass is 10.00. The number of fused-ring (bicyclic) bond motifs is 1. The molecule has 26 heavy (non-hydrogen) atoms. The lowest BCUT2D eigenvalue weighted by Gasteiger charge is -2.11. The van der Waals surface area contributed by atoms with Gasteiger partial charge in [-0.1, -0.05) is 18.2 Å². The van der Waals surface area contributed by atoms with Gasteiger partial charge in [0, 0.05) is 17.5 Å². The topological polar surface area (TPSA) is 68.7 Å². The van der Waals surface area contributed by atoms with Crippen LogP contribution >= 0.6 is 0 Å². The first-order chi connectivity index (χ1) is 12.7. The molecule has 0 aliphatic heterocycles. The predicted octanol–water partition coefficient (Wildman–Crippen LogP) is 4.01. The highest BCUT2D eigenvalue weighted by atomic mass is 16.5. The molecule has 1 saturated carbocycles. The van der Waals surface area contributed by atoms with E-state index in [4.69, 9.17) is 14.6 Å². The number of carboxylic acid groups (broad SMARTS) is 1. The van der Waals surface area contributed by atoms with Gasteiger partial charge in [0.25, 0.3) is 0 Å². The minimum Gasteiger partial charge on any atom is -0.494 e. The van der Waals surface area contributed by atoms with Crippen LogP contribution < -0.4 is 9.47 Å². The Labute approximate surface area is 151 Å². The van der Waals surface area contributed by atoms with Crippen molar-refractivity contribution in [2.45, 2.75) is 6.42 Å². The molecule has 1 aromatic heterocycles. The maximum atomic E-state index is 10.9. The fraction of sp³-hybridized carbons (Fsp3) is 0.238. The summed E-state index contributed by atoms with van der Waals surface area (Å²) in [6.07, 6.45) is 2.46. The van der Waals surface area contributed by atoms with Gasteiger partial charge in [0.05, 0.1) is 19.6 Å². The van der Waals surface area contributed by atoms with E-state index < -0.39 is 5.97 Å². The lowest BCUT2D eigenvalue weighted by molar-refractivity contribution is -0.138. The van der Waals surface area contributed by atoms with Crippen LogP contribution in [0.2, 0.25) is 0 Å². The molecule has 0 bridgehead atoms. The lowest BCUT2D eigenvalue weighted by Crippen LogP contribution is -2.06. The van der Waals surface area contributed by atoms with Crippen LogP contribution in [-0.2, 0) is 4.79 Å². The van der Waals surface area contributed by atoms with E-state index in [1.54, 1.807) is 13.3 Å². The van der Waals surface area contributed by atoms with Crippen molar-refractivity contribution in [1.29, 1.82) is 0 Å². The van der Waals surface area contributed by atoms with Gasteiger partial charge < -0.3 is 14.6 Å². The van der Waals surface area contributed by atoms with E-state index in [0.717, 1.165) is 33.5 Å². The molecule has 132 valence electrons. The summed E-state index contributed by atoms with van der Waals surface area (Å²) >= 11 is 0. The molecule has 0 saturated heterocycles. The zero-order valence-corrected chi connectivity index (χ0v) is 14.4. The normalized spacial score (nSPS) is 18.5. The van der Waals surface area contributed by atoms with Gasteiger partial charge in [-0.2, -0.15) is 0 Å². The Morgan fingerprint density at radius 2 is 2.00 bits per heavy atom. The van der Waals surface area contributed by atoms with E-state index in [0.29, 0.717) is 13.0 Å². The van der Waals surface area contributed by atoms with Crippen LogP contribution in [-0.4, -0.2) is 29.8 Å². The van der Waals surface area contributed by atoms with Gasteiger partial charge in [0.2, 0.25) is 0 Å². The number of aromatic nitrogens is 1. The van der Waals surface area contributed by atoms with Crippen molar-refractivity contribution in [2.24, 2.45) is 11.8 Å². The Balaban J connectivity index is 1.54. The minimum absolute atomic E-state index is 0.129. The smallest absolute Gasteiger partial charge is 0.306 e. The standard InChI is InChI=1S/C21H19NO4/c1-25-19-9-8-16(17-3-2-10-22-20(17)19)13-4-6-15(7-5-13)26-12-14-11-18(14)21(23)24/h2-10,14,18H,11-12H2,1H3,(H,23,24)/t14-,18+/m0/s1. The van der Waals surface area contributed by atoms with E-state index >= 15 is 0 Å². The molecule has 1 heterocycles. The second kappa shape index (κ2) is 6.67. The van der Waals surface area contributed by atoms with E-state index in [1.807, 2.05) is 48.5 Å². The molecule has 4 rings (SSSR count). The number of aliphatic carboxylic acids is 1. The largest absolute Gasteiger partial charge is 0.494 e. The molecule has 0 unspecified atom stereocenters. The highest BCUT2D eigenvalue weighted by molar-refractivity contribution is 5.97. The zero-order chi connectivity index (χ0) is 18.1. The van der Waals surface area contributed by atoms with Gasteiger partial charge in [0.15, 0.2) is 0 Å². The quantitative estimate of drug-likeness (QED) is 0.728. The molecule has 2 aromatic carbocycles. The number of carbonyl (C=O) groups is 1. The van der Waals surface area contributed by atoms with Gasteiger partial charge in [-0.15, -0.1) is 0 Å². The van der Waals surface area contributed by atoms with Crippen molar-refractivity contribution >= 4 is 16.9 Å². The number of ether oxygens (including phenoxy) is 2. The Morgan fingerprint density at radius 3 is 2.69 bits per heavy atom. The summed E-state index contributed by atoms with van der Waals surface area (Å²) in [7, 11) is 1.64. The van der Waals surface area contributed by atoms with Crippen molar-refractivity contribution in [3.8, 4) is 22.6 Å². The molecule has 0 amide bonds. The zero-order valence-electron chi connectivity index (χ0n) is 14.4. The molecule has 1 fully saturated rings. The van der Waals surface area contributed by atoms with E-state index in [-0.39, 0.29) is 11.8 Å². The molecular weight excluding hydrogens is 330 g/mol. The maximum absolute atomic E-state index is 10.9. The number of nitrogens with zero attached hydrogens (tertiary/aromatic N) is 1. The number of pyridine rings is 1. The van der Waals surface area contributed by atoms with Crippen molar-refractivity contribution in [3.05, 3.63) is 54.7 Å². The number of benzene rings is 2. The van der Waals surface area contributed by atoms with Gasteiger partial charge in [-0.25, -0.2) is 0 Å².